The lowest BCUT2D eigenvalue weighted by atomic mass is 9.96. The van der Waals surface area contributed by atoms with Gasteiger partial charge in [-0.2, -0.15) is 0 Å². The molecule has 1 aliphatic rings. The van der Waals surface area contributed by atoms with E-state index in [1.54, 1.807) is 24.3 Å². The molecule has 0 amide bonds. The summed E-state index contributed by atoms with van der Waals surface area (Å²) in [6, 6.07) is 8.53. The van der Waals surface area contributed by atoms with Gasteiger partial charge in [-0.1, -0.05) is 47.0 Å². The Bertz CT molecular complexity index is 461. The van der Waals surface area contributed by atoms with Crippen molar-refractivity contribution in [2.45, 2.75) is 41.4 Å². The smallest absolute Gasteiger partial charge is 0.207 e. The fourth-order valence-electron chi connectivity index (χ4n) is 2.09. The minimum atomic E-state index is -3.37. The third-order valence-electron chi connectivity index (χ3n) is 3.04. The van der Waals surface area contributed by atoms with Crippen molar-refractivity contribution in [1.82, 2.24) is 4.72 Å². The molecule has 1 N–H and O–H groups in total. The normalized spacial score (nSPS) is 25.7. The third-order valence-corrected chi connectivity index (χ3v) is 5.64. The Morgan fingerprint density at radius 3 is 2.41 bits per heavy atom. The molecule has 0 saturated heterocycles. The van der Waals surface area contributed by atoms with E-state index in [1.807, 2.05) is 6.07 Å². The van der Waals surface area contributed by atoms with Crippen LogP contribution >= 0.6 is 15.9 Å². The first-order valence-corrected chi connectivity index (χ1v) is 8.21. The predicted molar refractivity (Wildman–Crippen MR) is 71.7 cm³/mol. The van der Waals surface area contributed by atoms with Gasteiger partial charge in [0.25, 0.3) is 0 Å². The Hall–Kier alpha value is -0.390. The van der Waals surface area contributed by atoms with Crippen LogP contribution in [0.1, 0.15) is 25.7 Å². The van der Waals surface area contributed by atoms with Gasteiger partial charge in [0.05, 0.1) is 4.90 Å². The highest BCUT2D eigenvalue weighted by atomic mass is 79.9. The molecule has 0 heterocycles. The predicted octanol–water partition coefficient (Wildman–Crippen LogP) is 2.67. The average molecular weight is 318 g/mol. The van der Waals surface area contributed by atoms with Gasteiger partial charge in [0.15, 0.2) is 0 Å². The molecule has 94 valence electrons. The molecule has 1 aliphatic carbocycles. The van der Waals surface area contributed by atoms with Crippen LogP contribution in [0.15, 0.2) is 35.2 Å². The molecule has 0 spiro atoms. The monoisotopic (exact) mass is 317 g/mol. The van der Waals surface area contributed by atoms with E-state index in [0.717, 1.165) is 19.3 Å². The van der Waals surface area contributed by atoms with Crippen molar-refractivity contribution in [2.24, 2.45) is 0 Å². The van der Waals surface area contributed by atoms with Gasteiger partial charge in [-0.3, -0.25) is 0 Å². The molecular formula is C12H16BrNO2S. The summed E-state index contributed by atoms with van der Waals surface area (Å²) in [7, 11) is -3.37. The van der Waals surface area contributed by atoms with Gasteiger partial charge in [-0.25, -0.2) is 13.1 Å². The maximum atomic E-state index is 12.1. The second-order valence-electron chi connectivity index (χ2n) is 4.34. The Balaban J connectivity index is 2.12. The van der Waals surface area contributed by atoms with E-state index in [0.29, 0.717) is 4.90 Å². The van der Waals surface area contributed by atoms with Gasteiger partial charge in [0, 0.05) is 10.9 Å². The van der Waals surface area contributed by atoms with Gasteiger partial charge < -0.3 is 0 Å². The molecule has 2 rings (SSSR count). The van der Waals surface area contributed by atoms with Crippen molar-refractivity contribution in [3.63, 3.8) is 0 Å². The molecule has 2 atom stereocenters. The van der Waals surface area contributed by atoms with Crippen molar-refractivity contribution in [1.29, 1.82) is 0 Å². The lowest BCUT2D eigenvalue weighted by Gasteiger charge is -2.27. The summed E-state index contributed by atoms with van der Waals surface area (Å²) in [5, 5.41) is 0. The summed E-state index contributed by atoms with van der Waals surface area (Å²) >= 11 is 3.55. The van der Waals surface area contributed by atoms with Crippen LogP contribution in [0.4, 0.5) is 0 Å². The van der Waals surface area contributed by atoms with Crippen molar-refractivity contribution < 1.29 is 8.42 Å². The zero-order valence-electron chi connectivity index (χ0n) is 9.47. The number of halogens is 1. The Labute approximate surface area is 111 Å². The van der Waals surface area contributed by atoms with E-state index in [2.05, 4.69) is 20.7 Å². The number of nitrogens with one attached hydrogen (secondary N) is 1. The van der Waals surface area contributed by atoms with E-state index in [4.69, 9.17) is 0 Å². The topological polar surface area (TPSA) is 46.2 Å². The Morgan fingerprint density at radius 2 is 1.76 bits per heavy atom. The van der Waals surface area contributed by atoms with Crippen LogP contribution in [0, 0.1) is 0 Å². The van der Waals surface area contributed by atoms with E-state index >= 15 is 0 Å². The number of hydrogen-bond donors (Lipinski definition) is 1. The van der Waals surface area contributed by atoms with Crippen LogP contribution in [0.5, 0.6) is 0 Å². The van der Waals surface area contributed by atoms with Gasteiger partial charge in [-0.15, -0.1) is 0 Å². The van der Waals surface area contributed by atoms with Crippen LogP contribution in [0.2, 0.25) is 0 Å². The molecule has 17 heavy (non-hydrogen) atoms. The molecule has 3 nitrogen and oxygen atoms in total. The first-order valence-electron chi connectivity index (χ1n) is 5.81. The number of rotatable bonds is 3. The Morgan fingerprint density at radius 1 is 1.12 bits per heavy atom. The van der Waals surface area contributed by atoms with Crippen LogP contribution in [-0.4, -0.2) is 19.3 Å². The van der Waals surface area contributed by atoms with Gasteiger partial charge in [-0.05, 0) is 25.0 Å². The van der Waals surface area contributed by atoms with Crippen LogP contribution in [0.3, 0.4) is 0 Å². The summed E-state index contributed by atoms with van der Waals surface area (Å²) in [4.78, 5) is 0.583. The lowest BCUT2D eigenvalue weighted by Crippen LogP contribution is -2.42. The molecule has 1 aromatic carbocycles. The number of hydrogen-bond acceptors (Lipinski definition) is 2. The molecule has 5 heteroatoms. The molecule has 1 saturated carbocycles. The van der Waals surface area contributed by atoms with Crippen molar-refractivity contribution in [3.8, 4) is 0 Å². The van der Waals surface area contributed by atoms with E-state index in [9.17, 15) is 8.42 Å². The number of sulfonamides is 1. The van der Waals surface area contributed by atoms with Crippen LogP contribution < -0.4 is 4.72 Å². The highest BCUT2D eigenvalue weighted by Crippen LogP contribution is 2.25. The summed E-state index contributed by atoms with van der Waals surface area (Å²) in [6.07, 6.45) is 4.19. The minimum Gasteiger partial charge on any atom is -0.207 e. The molecular weight excluding hydrogens is 302 g/mol. The zero-order chi connectivity index (χ0) is 12.3. The number of alkyl halides is 1. The first-order chi connectivity index (χ1) is 8.09. The molecule has 0 unspecified atom stereocenters. The first kappa shape index (κ1) is 13.1. The van der Waals surface area contributed by atoms with Gasteiger partial charge in [0.2, 0.25) is 10.0 Å². The second-order valence-corrected chi connectivity index (χ2v) is 7.23. The van der Waals surface area contributed by atoms with Crippen molar-refractivity contribution >= 4 is 26.0 Å². The molecule has 1 aromatic rings. The van der Waals surface area contributed by atoms with Gasteiger partial charge >= 0.3 is 0 Å². The summed E-state index contributed by atoms with van der Waals surface area (Å²) < 4.78 is 27.0. The van der Waals surface area contributed by atoms with Crippen molar-refractivity contribution in [2.75, 3.05) is 0 Å². The zero-order valence-corrected chi connectivity index (χ0v) is 11.9. The third kappa shape index (κ3) is 3.30. The quantitative estimate of drug-likeness (QED) is 0.871. The molecule has 0 radical (unpaired) electrons. The standard InChI is InChI=1S/C12H16BrNO2S/c13-11-8-4-5-9-12(11)14-17(15,16)10-6-2-1-3-7-10/h1-3,6-7,11-12,14H,4-5,8-9H2/t11-,12-/m1/s1. The SMILES string of the molecule is O=S(=O)(N[C@@H]1CCCC[C@H]1Br)c1ccccc1. The molecule has 0 aromatic heterocycles. The molecule has 0 bridgehead atoms. The number of benzene rings is 1. The highest BCUT2D eigenvalue weighted by Gasteiger charge is 2.27. The largest absolute Gasteiger partial charge is 0.240 e. The van der Waals surface area contributed by atoms with E-state index < -0.39 is 10.0 Å². The maximum Gasteiger partial charge on any atom is 0.240 e. The molecule has 1 fully saturated rings. The van der Waals surface area contributed by atoms with E-state index in [-0.39, 0.29) is 10.9 Å². The fraction of sp³-hybridized carbons (Fsp3) is 0.500. The molecule has 0 aliphatic heterocycles. The lowest BCUT2D eigenvalue weighted by molar-refractivity contribution is 0.427. The van der Waals surface area contributed by atoms with Crippen LogP contribution in [0.25, 0.3) is 0 Å². The second kappa shape index (κ2) is 5.50. The highest BCUT2D eigenvalue weighted by molar-refractivity contribution is 9.09. The van der Waals surface area contributed by atoms with E-state index in [1.165, 1.54) is 6.42 Å². The fourth-order valence-corrected chi connectivity index (χ4v) is 4.31. The Kier molecular flexibility index (Phi) is 4.22. The summed E-state index contributed by atoms with van der Waals surface area (Å²) in [6.45, 7) is 0. The maximum absolute atomic E-state index is 12.1. The van der Waals surface area contributed by atoms with Crippen molar-refractivity contribution in [3.05, 3.63) is 30.3 Å². The van der Waals surface area contributed by atoms with Gasteiger partial charge in [0.1, 0.15) is 0 Å². The summed E-state index contributed by atoms with van der Waals surface area (Å²) in [5.74, 6) is 0. The summed E-state index contributed by atoms with van der Waals surface area (Å²) in [5.41, 5.74) is 0. The average Bonchev–Trinajstić information content (AvgIpc) is 2.33. The minimum absolute atomic E-state index is 0.00829. The van der Waals surface area contributed by atoms with Crippen LogP contribution in [-0.2, 0) is 10.0 Å².